The normalized spacial score (nSPS) is 27.2. The zero-order chi connectivity index (χ0) is 26.1. The Labute approximate surface area is 214 Å². The summed E-state index contributed by atoms with van der Waals surface area (Å²) in [5, 5.41) is 11.5. The van der Waals surface area contributed by atoms with Crippen molar-refractivity contribution in [1.29, 1.82) is 0 Å². The van der Waals surface area contributed by atoms with Crippen LogP contribution in [-0.2, 0) is 27.8 Å². The van der Waals surface area contributed by atoms with Gasteiger partial charge in [-0.1, -0.05) is 6.07 Å². The summed E-state index contributed by atoms with van der Waals surface area (Å²) in [5.41, 5.74) is 2.66. The number of hydrogen-bond acceptors (Lipinski definition) is 7. The molecule has 0 radical (unpaired) electrons. The van der Waals surface area contributed by atoms with Crippen molar-refractivity contribution in [2.24, 2.45) is 11.8 Å². The van der Waals surface area contributed by atoms with Crippen LogP contribution in [0.4, 0.5) is 11.4 Å². The van der Waals surface area contributed by atoms with Gasteiger partial charge >= 0.3 is 0 Å². The number of aromatic nitrogens is 1. The van der Waals surface area contributed by atoms with Gasteiger partial charge in [0, 0.05) is 80.8 Å². The average molecular weight is 528 g/mol. The molecular formula is C25H29N5O6S. The Morgan fingerprint density at radius 1 is 1.08 bits per heavy atom. The van der Waals surface area contributed by atoms with E-state index in [2.05, 4.69) is 4.90 Å². The zero-order valence-corrected chi connectivity index (χ0v) is 21.3. The molecule has 2 fully saturated rings. The third-order valence-electron chi connectivity index (χ3n) is 8.54. The number of rotatable bonds is 3. The highest BCUT2D eigenvalue weighted by atomic mass is 32.2. The van der Waals surface area contributed by atoms with Crippen LogP contribution in [0.5, 0.6) is 0 Å². The summed E-state index contributed by atoms with van der Waals surface area (Å²) in [6.45, 7) is 2.28. The Morgan fingerprint density at radius 3 is 2.54 bits per heavy atom. The Bertz CT molecular complexity index is 1450. The Morgan fingerprint density at radius 2 is 1.84 bits per heavy atom. The van der Waals surface area contributed by atoms with E-state index in [9.17, 15) is 28.1 Å². The molecule has 4 aliphatic rings. The highest BCUT2D eigenvalue weighted by Gasteiger charge is 2.50. The molecule has 6 rings (SSSR count). The average Bonchev–Trinajstić information content (AvgIpc) is 2.87. The van der Waals surface area contributed by atoms with E-state index >= 15 is 0 Å². The molecule has 1 amide bonds. The minimum atomic E-state index is -3.32. The van der Waals surface area contributed by atoms with Gasteiger partial charge in [-0.2, -0.15) is 4.31 Å². The first-order chi connectivity index (χ1) is 17.6. The molecule has 37 heavy (non-hydrogen) atoms. The fraction of sp³-hybridized carbons (Fsp3) is 0.520. The zero-order valence-electron chi connectivity index (χ0n) is 20.5. The summed E-state index contributed by atoms with van der Waals surface area (Å²) >= 11 is 0. The van der Waals surface area contributed by atoms with Crippen LogP contribution in [0.15, 0.2) is 41.2 Å². The smallest absolute Gasteiger partial charge is 0.269 e. The number of carbonyl (C=O) groups is 1. The highest BCUT2D eigenvalue weighted by molar-refractivity contribution is 7.88. The summed E-state index contributed by atoms with van der Waals surface area (Å²) in [7, 11) is -3.32. The first kappa shape index (κ1) is 24.1. The Balaban J connectivity index is 1.37. The van der Waals surface area contributed by atoms with Crippen molar-refractivity contribution in [1.82, 2.24) is 13.8 Å². The number of carbonyl (C=O) groups excluding carboxylic acids is 1. The van der Waals surface area contributed by atoms with Crippen LogP contribution < -0.4 is 10.5 Å². The summed E-state index contributed by atoms with van der Waals surface area (Å²) < 4.78 is 27.1. The Hall–Kier alpha value is -3.25. The van der Waals surface area contributed by atoms with E-state index in [1.54, 1.807) is 29.2 Å². The summed E-state index contributed by atoms with van der Waals surface area (Å²) in [4.78, 5) is 41.8. The predicted octanol–water partition coefficient (Wildman–Crippen LogP) is 1.02. The van der Waals surface area contributed by atoms with E-state index in [4.69, 9.17) is 0 Å². The van der Waals surface area contributed by atoms with Gasteiger partial charge in [0.25, 0.3) is 11.2 Å². The number of fused-ring (bicyclic) bond motifs is 8. The number of piperazine rings is 1. The number of nitro benzene ring substituents is 1. The summed E-state index contributed by atoms with van der Waals surface area (Å²) in [5.74, 6) is -0.295. The molecule has 2 saturated heterocycles. The molecule has 12 heteroatoms. The number of nitrogens with zero attached hydrogens (tertiary/aromatic N) is 5. The molecule has 0 saturated carbocycles. The fourth-order valence-electron chi connectivity index (χ4n) is 6.91. The van der Waals surface area contributed by atoms with Crippen LogP contribution in [0.2, 0.25) is 0 Å². The van der Waals surface area contributed by atoms with Gasteiger partial charge in [0.1, 0.15) is 0 Å². The molecule has 0 N–H and O–H groups in total. The molecule has 0 spiro atoms. The molecule has 5 heterocycles. The lowest BCUT2D eigenvalue weighted by molar-refractivity contribution is -0.384. The van der Waals surface area contributed by atoms with Gasteiger partial charge < -0.3 is 14.4 Å². The van der Waals surface area contributed by atoms with Gasteiger partial charge in [-0.15, -0.1) is 0 Å². The first-order valence-electron chi connectivity index (χ1n) is 12.6. The van der Waals surface area contributed by atoms with E-state index < -0.39 is 20.9 Å². The van der Waals surface area contributed by atoms with Crippen LogP contribution in [0.1, 0.15) is 23.6 Å². The van der Waals surface area contributed by atoms with E-state index in [0.717, 1.165) is 23.4 Å². The standard InChI is InChI=1S/C25H29N5O6S/c1-37(35,36)27-9-7-26(8-10-27)25(32)20-13-16-12-19(30(33)34)5-6-22(16)29-14-17-11-18(24(20)29)15-28-21(17)3-2-4-23(28)31/h2-6,12,17-18,20,24H,7-11,13-15H2,1H3/t17?,18?,20-,24+/m1/s1. The molecule has 1 aromatic carbocycles. The molecule has 196 valence electrons. The minimum absolute atomic E-state index is 0.000679. The maximum atomic E-state index is 14.0. The van der Waals surface area contributed by atoms with Gasteiger partial charge in [-0.3, -0.25) is 19.7 Å². The van der Waals surface area contributed by atoms with Crippen LogP contribution >= 0.6 is 0 Å². The van der Waals surface area contributed by atoms with E-state index in [-0.39, 0.29) is 48.1 Å². The van der Waals surface area contributed by atoms with Crippen molar-refractivity contribution in [3.63, 3.8) is 0 Å². The number of hydrogen-bond donors (Lipinski definition) is 0. The number of non-ortho nitro benzene ring substituents is 1. The van der Waals surface area contributed by atoms with Crippen LogP contribution in [0, 0.1) is 22.0 Å². The van der Waals surface area contributed by atoms with Crippen molar-refractivity contribution < 1.29 is 18.1 Å². The lowest BCUT2D eigenvalue weighted by Crippen LogP contribution is -2.62. The number of amides is 1. The number of piperidine rings is 1. The second-order valence-electron chi connectivity index (χ2n) is 10.6. The van der Waals surface area contributed by atoms with Crippen LogP contribution in [-0.4, -0.2) is 78.0 Å². The lowest BCUT2D eigenvalue weighted by atomic mass is 9.69. The van der Waals surface area contributed by atoms with Gasteiger partial charge in [0.05, 0.1) is 17.1 Å². The van der Waals surface area contributed by atoms with Gasteiger partial charge in [0.2, 0.25) is 15.9 Å². The maximum absolute atomic E-state index is 14.0. The number of pyridine rings is 1. The maximum Gasteiger partial charge on any atom is 0.269 e. The number of anilines is 1. The number of benzene rings is 1. The second-order valence-corrected chi connectivity index (χ2v) is 12.6. The largest absolute Gasteiger partial charge is 0.366 e. The summed E-state index contributed by atoms with van der Waals surface area (Å²) in [6, 6.07) is 10.1. The van der Waals surface area contributed by atoms with E-state index in [1.165, 1.54) is 16.6 Å². The Kier molecular flexibility index (Phi) is 5.64. The third-order valence-corrected chi connectivity index (χ3v) is 9.84. The first-order valence-corrected chi connectivity index (χ1v) is 14.4. The molecule has 2 bridgehead atoms. The van der Waals surface area contributed by atoms with Crippen molar-refractivity contribution >= 4 is 27.3 Å². The van der Waals surface area contributed by atoms with E-state index in [1.807, 2.05) is 10.6 Å². The molecule has 4 atom stereocenters. The molecule has 2 unspecified atom stereocenters. The molecule has 4 aliphatic heterocycles. The van der Waals surface area contributed by atoms with Gasteiger partial charge in [-0.25, -0.2) is 8.42 Å². The van der Waals surface area contributed by atoms with Gasteiger partial charge in [-0.05, 0) is 36.5 Å². The molecular weight excluding hydrogens is 498 g/mol. The van der Waals surface area contributed by atoms with Crippen molar-refractivity contribution in [2.45, 2.75) is 31.3 Å². The van der Waals surface area contributed by atoms with Crippen molar-refractivity contribution in [3.8, 4) is 0 Å². The quantitative estimate of drug-likeness (QED) is 0.431. The monoisotopic (exact) mass is 527 g/mol. The lowest BCUT2D eigenvalue weighted by Gasteiger charge is -2.54. The number of sulfonamides is 1. The molecule has 11 nitrogen and oxygen atoms in total. The third kappa shape index (κ3) is 4.02. The molecule has 2 aromatic rings. The SMILES string of the molecule is CS(=O)(=O)N1CCN(C(=O)[C@@H]2Cc3cc([N+](=O)[O-])ccc3N3CC4CC(Cn5c4cccc5=O)[C@@H]23)CC1. The van der Waals surface area contributed by atoms with Crippen LogP contribution in [0.3, 0.4) is 0 Å². The van der Waals surface area contributed by atoms with Crippen LogP contribution in [0.25, 0.3) is 0 Å². The number of nitro groups is 1. The van der Waals surface area contributed by atoms with Crippen molar-refractivity contribution in [2.75, 3.05) is 43.9 Å². The molecule has 0 aliphatic carbocycles. The van der Waals surface area contributed by atoms with Gasteiger partial charge in [0.15, 0.2) is 0 Å². The topological polar surface area (TPSA) is 126 Å². The minimum Gasteiger partial charge on any atom is -0.366 e. The summed E-state index contributed by atoms with van der Waals surface area (Å²) in [6.07, 6.45) is 2.42. The second kappa shape index (κ2) is 8.66. The highest BCUT2D eigenvalue weighted by Crippen LogP contribution is 2.48. The predicted molar refractivity (Wildman–Crippen MR) is 136 cm³/mol. The molecule has 1 aromatic heterocycles. The fourth-order valence-corrected chi connectivity index (χ4v) is 7.74. The van der Waals surface area contributed by atoms with E-state index in [0.29, 0.717) is 32.6 Å². The van der Waals surface area contributed by atoms with Crippen molar-refractivity contribution in [3.05, 3.63) is 68.1 Å².